The molecule has 3 atom stereocenters. The highest BCUT2D eigenvalue weighted by molar-refractivity contribution is 6.01. The van der Waals surface area contributed by atoms with E-state index in [1.807, 2.05) is 0 Å². The topological polar surface area (TPSA) is 125 Å². The number of ketones is 1. The number of ether oxygens (including phenoxy) is 3. The van der Waals surface area contributed by atoms with Crippen LogP contribution in [0.3, 0.4) is 0 Å². The lowest BCUT2D eigenvalue weighted by atomic mass is 9.93. The Kier molecular flexibility index (Phi) is 7.64. The minimum atomic E-state index is -1.37. The van der Waals surface area contributed by atoms with E-state index in [4.69, 9.17) is 14.2 Å². The molecule has 174 valence electrons. The number of Topliss-reactive ketones (excluding diaryl/α,β-unsaturated/α-hetero) is 1. The zero-order chi connectivity index (χ0) is 24.1. The molecule has 0 unspecified atom stereocenters. The number of nitro groups is 1. The predicted octanol–water partition coefficient (Wildman–Crippen LogP) is 3.27. The highest BCUT2D eigenvalue weighted by atomic mass is 19.1. The Labute approximate surface area is 188 Å². The first-order chi connectivity index (χ1) is 15.7. The quantitative estimate of drug-likeness (QED) is 0.362. The van der Waals surface area contributed by atoms with Crippen LogP contribution in [-0.4, -0.2) is 46.9 Å². The van der Waals surface area contributed by atoms with Crippen LogP contribution in [0.15, 0.2) is 60.2 Å². The Balaban J connectivity index is 1.75. The zero-order valence-corrected chi connectivity index (χ0v) is 17.8. The number of nitrogens with zero attached hydrogens (tertiary/aromatic N) is 1. The summed E-state index contributed by atoms with van der Waals surface area (Å²) in [6, 6.07) is 9.81. The lowest BCUT2D eigenvalue weighted by Crippen LogP contribution is -2.41. The van der Waals surface area contributed by atoms with E-state index < -0.39 is 47.6 Å². The fourth-order valence-electron chi connectivity index (χ4n) is 3.14. The summed E-state index contributed by atoms with van der Waals surface area (Å²) in [7, 11) is 0. The van der Waals surface area contributed by atoms with Crippen LogP contribution in [0.5, 0.6) is 0 Å². The van der Waals surface area contributed by atoms with Crippen molar-refractivity contribution in [2.75, 3.05) is 6.61 Å². The fraction of sp³-hybridized carbons (Fsp3) is 0.304. The Morgan fingerprint density at radius 2 is 1.82 bits per heavy atom. The molecular weight excluding hydrogens is 437 g/mol. The van der Waals surface area contributed by atoms with Gasteiger partial charge in [-0.2, -0.15) is 0 Å². The molecule has 0 spiro atoms. The summed E-state index contributed by atoms with van der Waals surface area (Å²) in [6.07, 6.45) is -2.55. The van der Waals surface area contributed by atoms with Crippen LogP contribution in [0.4, 0.5) is 10.1 Å². The predicted molar refractivity (Wildman–Crippen MR) is 113 cm³/mol. The number of non-ortho nitro benzene ring substituents is 1. The number of rotatable bonds is 8. The minimum Gasteiger partial charge on any atom is -0.459 e. The van der Waals surface area contributed by atoms with Crippen molar-refractivity contribution in [3.05, 3.63) is 87.2 Å². The van der Waals surface area contributed by atoms with E-state index in [0.717, 1.165) is 24.3 Å². The van der Waals surface area contributed by atoms with Gasteiger partial charge in [0.15, 0.2) is 18.2 Å². The van der Waals surface area contributed by atoms with Gasteiger partial charge < -0.3 is 19.3 Å². The van der Waals surface area contributed by atoms with E-state index >= 15 is 0 Å². The Bertz CT molecular complexity index is 1050. The maximum absolute atomic E-state index is 13.2. The summed E-state index contributed by atoms with van der Waals surface area (Å²) in [4.78, 5) is 35.4. The Morgan fingerprint density at radius 3 is 2.39 bits per heavy atom. The second-order valence-electron chi connectivity index (χ2n) is 7.52. The fourth-order valence-corrected chi connectivity index (χ4v) is 3.14. The number of esters is 1. The molecule has 9 nitrogen and oxygen atoms in total. The SMILES string of the molecule is CC(C)O[C@@H]1C=C([C@H](O)c2ccc(F)cc2)C(=O)[C@@H](COC(=O)c2ccc([N+](=O)[O-])cc2)O1. The molecule has 0 saturated carbocycles. The molecule has 1 aliphatic heterocycles. The van der Waals surface area contributed by atoms with Gasteiger partial charge in [-0.05, 0) is 49.8 Å². The van der Waals surface area contributed by atoms with E-state index in [-0.39, 0.29) is 22.9 Å². The van der Waals surface area contributed by atoms with Crippen LogP contribution in [0.1, 0.15) is 35.9 Å². The number of carbonyl (C=O) groups excluding carboxylic acids is 2. The van der Waals surface area contributed by atoms with Crippen molar-refractivity contribution in [1.29, 1.82) is 0 Å². The van der Waals surface area contributed by atoms with Crippen LogP contribution < -0.4 is 0 Å². The second-order valence-corrected chi connectivity index (χ2v) is 7.52. The van der Waals surface area contributed by atoms with E-state index in [1.54, 1.807) is 13.8 Å². The third-order valence-electron chi connectivity index (χ3n) is 4.76. The Hall–Kier alpha value is -3.47. The van der Waals surface area contributed by atoms with Crippen molar-refractivity contribution in [3.63, 3.8) is 0 Å². The molecular formula is C23H22FNO8. The normalized spacial score (nSPS) is 19.2. The van der Waals surface area contributed by atoms with Crippen LogP contribution in [0.25, 0.3) is 0 Å². The van der Waals surface area contributed by atoms with E-state index in [2.05, 4.69) is 0 Å². The second kappa shape index (κ2) is 10.4. The zero-order valence-electron chi connectivity index (χ0n) is 17.8. The Morgan fingerprint density at radius 1 is 1.18 bits per heavy atom. The van der Waals surface area contributed by atoms with Gasteiger partial charge in [0.1, 0.15) is 18.5 Å². The lowest BCUT2D eigenvalue weighted by Gasteiger charge is -2.30. The monoisotopic (exact) mass is 459 g/mol. The molecule has 0 aromatic heterocycles. The van der Waals surface area contributed by atoms with Gasteiger partial charge in [0.05, 0.1) is 16.6 Å². The van der Waals surface area contributed by atoms with Gasteiger partial charge >= 0.3 is 5.97 Å². The van der Waals surface area contributed by atoms with Gasteiger partial charge in [0, 0.05) is 17.7 Å². The molecule has 0 saturated heterocycles. The molecule has 1 N–H and O–H groups in total. The van der Waals surface area contributed by atoms with Gasteiger partial charge in [-0.1, -0.05) is 12.1 Å². The van der Waals surface area contributed by atoms with E-state index in [1.165, 1.54) is 30.3 Å². The van der Waals surface area contributed by atoms with Crippen LogP contribution in [0, 0.1) is 15.9 Å². The third kappa shape index (κ3) is 6.07. The van der Waals surface area contributed by atoms with Crippen molar-refractivity contribution in [3.8, 4) is 0 Å². The van der Waals surface area contributed by atoms with Crippen LogP contribution >= 0.6 is 0 Å². The first-order valence-corrected chi connectivity index (χ1v) is 10.1. The number of aliphatic hydroxyl groups excluding tert-OH is 1. The van der Waals surface area contributed by atoms with Crippen molar-refractivity contribution in [2.24, 2.45) is 0 Å². The average molecular weight is 459 g/mol. The maximum Gasteiger partial charge on any atom is 0.338 e. The average Bonchev–Trinajstić information content (AvgIpc) is 2.78. The lowest BCUT2D eigenvalue weighted by molar-refractivity contribution is -0.384. The molecule has 3 rings (SSSR count). The number of aliphatic hydroxyl groups is 1. The summed E-state index contributed by atoms with van der Waals surface area (Å²) < 4.78 is 29.6. The first-order valence-electron chi connectivity index (χ1n) is 10.1. The van der Waals surface area contributed by atoms with Gasteiger partial charge in [0.2, 0.25) is 0 Å². The largest absolute Gasteiger partial charge is 0.459 e. The standard InChI is InChI=1S/C23H22FNO8/c1-13(2)32-20-11-18(21(26)14-3-7-16(24)8-4-14)22(27)19(33-20)12-31-23(28)15-5-9-17(10-6-15)25(29)30/h3-11,13,19-21,26H,12H2,1-2H3/t19-,20+,21-/m1/s1. The summed E-state index contributed by atoms with van der Waals surface area (Å²) >= 11 is 0. The first kappa shape index (κ1) is 24.2. The third-order valence-corrected chi connectivity index (χ3v) is 4.76. The minimum absolute atomic E-state index is 0.0325. The molecule has 1 heterocycles. The van der Waals surface area contributed by atoms with Crippen LogP contribution in [-0.2, 0) is 19.0 Å². The number of halogens is 1. The molecule has 0 bridgehead atoms. The summed E-state index contributed by atoms with van der Waals surface area (Å²) in [5.41, 5.74) is 0.134. The molecule has 2 aromatic carbocycles. The molecule has 0 aliphatic carbocycles. The molecule has 0 radical (unpaired) electrons. The van der Waals surface area contributed by atoms with Gasteiger partial charge in [-0.3, -0.25) is 14.9 Å². The van der Waals surface area contributed by atoms with E-state index in [0.29, 0.717) is 5.56 Å². The number of nitro benzene ring substituents is 1. The highest BCUT2D eigenvalue weighted by Gasteiger charge is 2.36. The number of benzene rings is 2. The van der Waals surface area contributed by atoms with Crippen molar-refractivity contribution in [2.45, 2.75) is 38.4 Å². The summed E-state index contributed by atoms with van der Waals surface area (Å²) in [6.45, 7) is 3.04. The van der Waals surface area contributed by atoms with Crippen molar-refractivity contribution >= 4 is 17.4 Å². The van der Waals surface area contributed by atoms with E-state index in [9.17, 15) is 29.2 Å². The maximum atomic E-state index is 13.2. The molecule has 0 fully saturated rings. The number of hydrogen-bond acceptors (Lipinski definition) is 8. The smallest absolute Gasteiger partial charge is 0.338 e. The number of carbonyl (C=O) groups is 2. The molecule has 2 aromatic rings. The van der Waals surface area contributed by atoms with Crippen molar-refractivity contribution in [1.82, 2.24) is 0 Å². The number of hydrogen-bond donors (Lipinski definition) is 1. The molecule has 0 amide bonds. The van der Waals surface area contributed by atoms with Crippen molar-refractivity contribution < 1.29 is 38.2 Å². The summed E-state index contributed by atoms with van der Waals surface area (Å²) in [5.74, 6) is -1.92. The molecule has 33 heavy (non-hydrogen) atoms. The van der Waals surface area contributed by atoms with Crippen LogP contribution in [0.2, 0.25) is 0 Å². The molecule has 1 aliphatic rings. The van der Waals surface area contributed by atoms with Gasteiger partial charge in [-0.15, -0.1) is 0 Å². The summed E-state index contributed by atoms with van der Waals surface area (Å²) in [5, 5.41) is 21.5. The van der Waals surface area contributed by atoms with Gasteiger partial charge in [-0.25, -0.2) is 9.18 Å². The highest BCUT2D eigenvalue weighted by Crippen LogP contribution is 2.29. The van der Waals surface area contributed by atoms with Gasteiger partial charge in [0.25, 0.3) is 5.69 Å². The molecule has 10 heteroatoms.